The molecule has 0 aliphatic rings. The zero-order valence-corrected chi connectivity index (χ0v) is 49.4. The van der Waals surface area contributed by atoms with Crippen LogP contribution >= 0.6 is 0 Å². The lowest BCUT2D eigenvalue weighted by molar-refractivity contribution is -0.167. The van der Waals surface area contributed by atoms with Gasteiger partial charge >= 0.3 is 17.9 Å². The first-order chi connectivity index (χ1) is 36.5. The molecule has 0 saturated heterocycles. The number of allylic oxidation sites excluding steroid dienone is 10. The maximum Gasteiger partial charge on any atom is 0.306 e. The van der Waals surface area contributed by atoms with Gasteiger partial charge < -0.3 is 14.2 Å². The summed E-state index contributed by atoms with van der Waals surface area (Å²) in [6.45, 7) is 6.52. The van der Waals surface area contributed by atoms with Gasteiger partial charge in [0.2, 0.25) is 0 Å². The Bertz CT molecular complexity index is 1330. The number of ether oxygens (including phenoxy) is 3. The van der Waals surface area contributed by atoms with Crippen LogP contribution in [0.5, 0.6) is 0 Å². The number of hydrogen-bond donors (Lipinski definition) is 0. The van der Waals surface area contributed by atoms with E-state index in [0.29, 0.717) is 19.3 Å². The van der Waals surface area contributed by atoms with Crippen molar-refractivity contribution in [3.63, 3.8) is 0 Å². The number of esters is 3. The highest BCUT2D eigenvalue weighted by molar-refractivity contribution is 5.71. The molecule has 0 bridgehead atoms. The molecule has 1 atom stereocenters. The molecule has 0 aromatic heterocycles. The zero-order valence-electron chi connectivity index (χ0n) is 49.4. The molecular weight excluding hydrogens is 913 g/mol. The molecule has 1 unspecified atom stereocenters. The van der Waals surface area contributed by atoms with Crippen LogP contribution in [0, 0.1) is 0 Å². The van der Waals surface area contributed by atoms with E-state index in [9.17, 15) is 14.4 Å². The Balaban J connectivity index is 4.23. The molecule has 6 nitrogen and oxygen atoms in total. The Hall–Kier alpha value is -2.89. The second kappa shape index (κ2) is 62.6. The molecule has 6 heteroatoms. The van der Waals surface area contributed by atoms with E-state index in [-0.39, 0.29) is 31.1 Å². The first-order valence-corrected chi connectivity index (χ1v) is 32.3. The third kappa shape index (κ3) is 60.0. The van der Waals surface area contributed by atoms with Crippen LogP contribution in [0.25, 0.3) is 0 Å². The number of unbranched alkanes of at least 4 members (excludes halogenated alkanes) is 38. The smallest absolute Gasteiger partial charge is 0.306 e. The number of carbonyl (C=O) groups is 3. The van der Waals surface area contributed by atoms with Crippen LogP contribution in [0.3, 0.4) is 0 Å². The average molecular weight is 1040 g/mol. The molecule has 0 aromatic carbocycles. The van der Waals surface area contributed by atoms with E-state index >= 15 is 0 Å². The van der Waals surface area contributed by atoms with Gasteiger partial charge in [-0.3, -0.25) is 14.4 Å². The molecule has 0 spiro atoms. The summed E-state index contributed by atoms with van der Waals surface area (Å²) in [6.07, 6.45) is 79.6. The summed E-state index contributed by atoms with van der Waals surface area (Å²) in [5, 5.41) is 0. The highest BCUT2D eigenvalue weighted by Gasteiger charge is 2.19. The minimum atomic E-state index is -0.793. The normalized spacial score (nSPS) is 12.4. The van der Waals surface area contributed by atoms with Crippen LogP contribution < -0.4 is 0 Å². The molecule has 0 fully saturated rings. The maximum atomic E-state index is 12.9. The van der Waals surface area contributed by atoms with Crippen molar-refractivity contribution in [1.29, 1.82) is 0 Å². The van der Waals surface area contributed by atoms with Gasteiger partial charge in [0.1, 0.15) is 13.2 Å². The minimum Gasteiger partial charge on any atom is -0.462 e. The molecule has 0 N–H and O–H groups in total. The van der Waals surface area contributed by atoms with Gasteiger partial charge in [-0.2, -0.15) is 0 Å². The summed E-state index contributed by atoms with van der Waals surface area (Å²) in [5.74, 6) is -0.916. The topological polar surface area (TPSA) is 78.9 Å². The molecule has 0 rings (SSSR count). The van der Waals surface area contributed by atoms with Crippen molar-refractivity contribution < 1.29 is 28.6 Å². The van der Waals surface area contributed by atoms with E-state index in [1.54, 1.807) is 0 Å². The third-order valence-electron chi connectivity index (χ3n) is 14.3. The minimum absolute atomic E-state index is 0.0867. The van der Waals surface area contributed by atoms with Crippen LogP contribution in [0.2, 0.25) is 0 Å². The highest BCUT2D eigenvalue weighted by Crippen LogP contribution is 2.18. The fourth-order valence-corrected chi connectivity index (χ4v) is 9.43. The van der Waals surface area contributed by atoms with Gasteiger partial charge in [-0.05, 0) is 83.5 Å². The quantitative estimate of drug-likeness (QED) is 0.0261. The predicted octanol–water partition coefficient (Wildman–Crippen LogP) is 21.9. The van der Waals surface area contributed by atoms with Gasteiger partial charge in [-0.15, -0.1) is 0 Å². The van der Waals surface area contributed by atoms with Crippen molar-refractivity contribution in [1.82, 2.24) is 0 Å². The number of hydrogen-bond acceptors (Lipinski definition) is 6. The van der Waals surface area contributed by atoms with Crippen LogP contribution in [-0.2, 0) is 28.6 Å². The molecule has 430 valence electrons. The maximum absolute atomic E-state index is 12.9. The van der Waals surface area contributed by atoms with Crippen LogP contribution in [0.15, 0.2) is 60.8 Å². The van der Waals surface area contributed by atoms with Gasteiger partial charge in [0.25, 0.3) is 0 Å². The molecule has 0 aliphatic heterocycles. The molecule has 0 radical (unpaired) electrons. The fourth-order valence-electron chi connectivity index (χ4n) is 9.43. The third-order valence-corrected chi connectivity index (χ3v) is 14.3. The van der Waals surface area contributed by atoms with E-state index < -0.39 is 6.10 Å². The average Bonchev–Trinajstić information content (AvgIpc) is 3.40. The van der Waals surface area contributed by atoms with Gasteiger partial charge in [0.05, 0.1) is 0 Å². The Kier molecular flexibility index (Phi) is 60.2. The first-order valence-electron chi connectivity index (χ1n) is 32.3. The van der Waals surface area contributed by atoms with Gasteiger partial charge in [0.15, 0.2) is 6.10 Å². The Morgan fingerprint density at radius 2 is 0.527 bits per heavy atom. The van der Waals surface area contributed by atoms with Crippen molar-refractivity contribution in [2.24, 2.45) is 0 Å². The second-order valence-corrected chi connectivity index (χ2v) is 21.6. The summed E-state index contributed by atoms with van der Waals surface area (Å²) in [4.78, 5) is 38.2. The molecule has 74 heavy (non-hydrogen) atoms. The van der Waals surface area contributed by atoms with E-state index in [0.717, 1.165) is 109 Å². The largest absolute Gasteiger partial charge is 0.462 e. The van der Waals surface area contributed by atoms with E-state index in [4.69, 9.17) is 14.2 Å². The summed E-state index contributed by atoms with van der Waals surface area (Å²) in [6, 6.07) is 0. The number of carbonyl (C=O) groups excluding carboxylic acids is 3. The fraction of sp³-hybridized carbons (Fsp3) is 0.809. The Labute approximate surface area is 460 Å². The van der Waals surface area contributed by atoms with Crippen LogP contribution in [-0.4, -0.2) is 37.2 Å². The van der Waals surface area contributed by atoms with Gasteiger partial charge in [0, 0.05) is 19.3 Å². The zero-order chi connectivity index (χ0) is 53.6. The Morgan fingerprint density at radius 3 is 0.851 bits per heavy atom. The van der Waals surface area contributed by atoms with Crippen molar-refractivity contribution in [3.8, 4) is 0 Å². The molecular formula is C68H122O6. The van der Waals surface area contributed by atoms with Crippen LogP contribution in [0.1, 0.15) is 335 Å². The summed E-state index contributed by atoms with van der Waals surface area (Å²) in [5.41, 5.74) is 0. The van der Waals surface area contributed by atoms with E-state index in [1.165, 1.54) is 186 Å². The first kappa shape index (κ1) is 71.1. The molecule has 0 amide bonds. The molecule has 0 saturated carbocycles. The SMILES string of the molecule is CC/C=C\C/C=C\C/C=C\CCCCCC(=O)OCC(COC(=O)CCCCCCCCCCCCCCCCCCCCCCCCCCCCC)OC(=O)CCCCCCC/C=C\C/C=C\CCCCCC. The summed E-state index contributed by atoms with van der Waals surface area (Å²) < 4.78 is 16.9. The van der Waals surface area contributed by atoms with E-state index in [2.05, 4.69) is 81.5 Å². The Morgan fingerprint density at radius 1 is 0.284 bits per heavy atom. The lowest BCUT2D eigenvalue weighted by Gasteiger charge is -2.18. The lowest BCUT2D eigenvalue weighted by Crippen LogP contribution is -2.30. The van der Waals surface area contributed by atoms with Gasteiger partial charge in [-0.25, -0.2) is 0 Å². The molecule has 0 aromatic rings. The predicted molar refractivity (Wildman–Crippen MR) is 321 cm³/mol. The van der Waals surface area contributed by atoms with Crippen LogP contribution in [0.4, 0.5) is 0 Å². The number of rotatable bonds is 59. The second-order valence-electron chi connectivity index (χ2n) is 21.6. The standard InChI is InChI=1S/C68H122O6/c1-4-7-10-13-16-19-22-25-27-29-30-31-32-33-34-35-36-37-38-39-41-43-46-49-52-55-58-61-67(70)73-64-65(63-72-66(69)60-57-54-51-48-45-42-24-21-18-15-12-9-6-3)74-68(71)62-59-56-53-50-47-44-40-28-26-23-20-17-14-11-8-5-2/h9,12,18,20-21,23,28,40,42,45,65H,4-8,10-11,13-17,19,22,24-27,29-39,41,43-44,46-64H2,1-3H3/b12-9-,21-18-,23-20-,40-28-,45-42-. The monoisotopic (exact) mass is 1030 g/mol. The lowest BCUT2D eigenvalue weighted by atomic mass is 10.0. The molecule has 0 heterocycles. The van der Waals surface area contributed by atoms with Crippen molar-refractivity contribution >= 4 is 17.9 Å². The van der Waals surface area contributed by atoms with E-state index in [1.807, 2.05) is 0 Å². The van der Waals surface area contributed by atoms with Crippen molar-refractivity contribution in [2.75, 3.05) is 13.2 Å². The van der Waals surface area contributed by atoms with Gasteiger partial charge in [-0.1, -0.05) is 293 Å². The summed E-state index contributed by atoms with van der Waals surface area (Å²) in [7, 11) is 0. The van der Waals surface area contributed by atoms with Crippen molar-refractivity contribution in [2.45, 2.75) is 341 Å². The van der Waals surface area contributed by atoms with Crippen molar-refractivity contribution in [3.05, 3.63) is 60.8 Å². The highest BCUT2D eigenvalue weighted by atomic mass is 16.6. The molecule has 0 aliphatic carbocycles. The summed E-state index contributed by atoms with van der Waals surface area (Å²) >= 11 is 0.